The van der Waals surface area contributed by atoms with Crippen molar-refractivity contribution >= 4 is 17.5 Å². The molecule has 0 radical (unpaired) electrons. The van der Waals surface area contributed by atoms with E-state index in [1.165, 1.54) is 13.2 Å². The lowest BCUT2D eigenvalue weighted by atomic mass is 10.1. The number of nitrogens with zero attached hydrogens (tertiary/aromatic N) is 2. The summed E-state index contributed by atoms with van der Waals surface area (Å²) in [5, 5.41) is 20.3. The SMILES string of the molecule is COc1cccc(Cl)c1C(O)CNC(=O)c1n[nH]nc1C(F)(F)F. The summed E-state index contributed by atoms with van der Waals surface area (Å²) < 4.78 is 43.1. The fourth-order valence-corrected chi connectivity index (χ4v) is 2.27. The van der Waals surface area contributed by atoms with E-state index in [1.807, 2.05) is 0 Å². The molecular weight excluding hydrogens is 353 g/mol. The van der Waals surface area contributed by atoms with Crippen molar-refractivity contribution in [1.29, 1.82) is 0 Å². The number of aliphatic hydroxyl groups is 1. The lowest BCUT2D eigenvalue weighted by molar-refractivity contribution is -0.141. The first kappa shape index (κ1) is 18.0. The van der Waals surface area contributed by atoms with Crippen molar-refractivity contribution < 1.29 is 27.8 Å². The molecule has 1 aromatic carbocycles. The normalized spacial score (nSPS) is 12.8. The number of carbonyl (C=O) groups is 1. The molecule has 1 heterocycles. The van der Waals surface area contributed by atoms with Gasteiger partial charge in [-0.15, -0.1) is 0 Å². The number of aliphatic hydroxyl groups excluding tert-OH is 1. The van der Waals surface area contributed by atoms with Gasteiger partial charge in [0.25, 0.3) is 5.91 Å². The summed E-state index contributed by atoms with van der Waals surface area (Å²) in [6.45, 7) is -0.400. The van der Waals surface area contributed by atoms with Crippen LogP contribution in [-0.2, 0) is 6.18 Å². The lowest BCUT2D eigenvalue weighted by Gasteiger charge is -2.16. The van der Waals surface area contributed by atoms with Gasteiger partial charge in [0.1, 0.15) is 11.9 Å². The van der Waals surface area contributed by atoms with E-state index in [-0.39, 0.29) is 16.3 Å². The third kappa shape index (κ3) is 3.77. The Labute approximate surface area is 138 Å². The number of ether oxygens (including phenoxy) is 1. The molecule has 3 N–H and O–H groups in total. The standard InChI is InChI=1S/C13H12ClF3N4O3/c1-24-8-4-2-3-6(14)9(8)7(22)5-18-12(23)10-11(13(15,16)17)20-21-19-10/h2-4,7,22H,5H2,1H3,(H,18,23)(H,19,20,21). The van der Waals surface area contributed by atoms with Gasteiger partial charge < -0.3 is 15.2 Å². The largest absolute Gasteiger partial charge is 0.496 e. The first-order chi connectivity index (χ1) is 11.3. The second-order valence-corrected chi connectivity index (χ2v) is 5.01. The Balaban J connectivity index is 2.12. The van der Waals surface area contributed by atoms with E-state index in [0.717, 1.165) is 0 Å². The number of aromatic amines is 1. The van der Waals surface area contributed by atoms with Crippen LogP contribution in [0.4, 0.5) is 13.2 Å². The zero-order chi connectivity index (χ0) is 17.9. The number of rotatable bonds is 5. The van der Waals surface area contributed by atoms with Crippen LogP contribution >= 0.6 is 11.6 Å². The van der Waals surface area contributed by atoms with Gasteiger partial charge in [0.05, 0.1) is 12.1 Å². The predicted octanol–water partition coefficient (Wildman–Crippen LogP) is 1.95. The summed E-state index contributed by atoms with van der Waals surface area (Å²) in [6.07, 6.45) is -6.12. The van der Waals surface area contributed by atoms with Gasteiger partial charge in [0, 0.05) is 12.1 Å². The van der Waals surface area contributed by atoms with Crippen LogP contribution in [0.15, 0.2) is 18.2 Å². The third-order valence-electron chi connectivity index (χ3n) is 3.05. The molecule has 1 aromatic heterocycles. The van der Waals surface area contributed by atoms with Crippen LogP contribution in [0.1, 0.15) is 27.8 Å². The Bertz CT molecular complexity index is 735. The Hall–Kier alpha value is -2.33. The second-order valence-electron chi connectivity index (χ2n) is 4.60. The highest BCUT2D eigenvalue weighted by Crippen LogP contribution is 2.32. The summed E-state index contributed by atoms with van der Waals surface area (Å²) in [5.74, 6) is -0.859. The number of amides is 1. The summed E-state index contributed by atoms with van der Waals surface area (Å²) in [7, 11) is 1.37. The van der Waals surface area contributed by atoms with Crippen LogP contribution in [0, 0.1) is 0 Å². The lowest BCUT2D eigenvalue weighted by Crippen LogP contribution is -2.30. The molecule has 1 unspecified atom stereocenters. The van der Waals surface area contributed by atoms with Crippen molar-refractivity contribution in [3.63, 3.8) is 0 Å². The minimum absolute atomic E-state index is 0.188. The molecule has 7 nitrogen and oxygen atoms in total. The molecule has 2 rings (SSSR count). The molecule has 0 aliphatic heterocycles. The van der Waals surface area contributed by atoms with Gasteiger partial charge in [-0.2, -0.15) is 28.6 Å². The maximum atomic E-state index is 12.7. The smallest absolute Gasteiger partial charge is 0.437 e. The molecule has 0 saturated heterocycles. The first-order valence-electron chi connectivity index (χ1n) is 6.52. The number of nitrogens with one attached hydrogen (secondary N) is 2. The minimum atomic E-state index is -4.83. The number of methoxy groups -OCH3 is 1. The van der Waals surface area contributed by atoms with Gasteiger partial charge in [-0.3, -0.25) is 4.79 Å². The highest BCUT2D eigenvalue weighted by Gasteiger charge is 2.39. The molecule has 0 aliphatic rings. The maximum Gasteiger partial charge on any atom is 0.437 e. The Kier molecular flexibility index (Phi) is 5.30. The average molecular weight is 365 g/mol. The van der Waals surface area contributed by atoms with Gasteiger partial charge >= 0.3 is 6.18 Å². The topological polar surface area (TPSA) is 100 Å². The molecule has 24 heavy (non-hydrogen) atoms. The number of carbonyl (C=O) groups excluding carboxylic acids is 1. The molecule has 0 spiro atoms. The van der Waals surface area contributed by atoms with Crippen molar-refractivity contribution in [3.05, 3.63) is 40.2 Å². The van der Waals surface area contributed by atoms with Gasteiger partial charge in [-0.25, -0.2) is 0 Å². The maximum absolute atomic E-state index is 12.7. The molecule has 0 fully saturated rings. The van der Waals surface area contributed by atoms with Crippen molar-refractivity contribution in [3.8, 4) is 5.75 Å². The summed E-state index contributed by atoms with van der Waals surface area (Å²) in [4.78, 5) is 11.8. The Morgan fingerprint density at radius 3 is 2.79 bits per heavy atom. The van der Waals surface area contributed by atoms with Crippen molar-refractivity contribution in [2.24, 2.45) is 0 Å². The Morgan fingerprint density at radius 1 is 1.46 bits per heavy atom. The van der Waals surface area contributed by atoms with Gasteiger partial charge in [0.15, 0.2) is 11.4 Å². The molecule has 2 aromatic rings. The van der Waals surface area contributed by atoms with Gasteiger partial charge in [0.2, 0.25) is 0 Å². The molecule has 0 saturated carbocycles. The van der Waals surface area contributed by atoms with E-state index in [9.17, 15) is 23.1 Å². The fraction of sp³-hybridized carbons (Fsp3) is 0.308. The summed E-state index contributed by atoms with van der Waals surface area (Å²) in [6, 6.07) is 4.65. The van der Waals surface area contributed by atoms with E-state index >= 15 is 0 Å². The molecule has 1 amide bonds. The van der Waals surface area contributed by atoms with Crippen molar-refractivity contribution in [2.75, 3.05) is 13.7 Å². The quantitative estimate of drug-likeness (QED) is 0.753. The zero-order valence-corrected chi connectivity index (χ0v) is 12.9. The van der Waals surface area contributed by atoms with Crippen LogP contribution in [0.25, 0.3) is 0 Å². The number of benzene rings is 1. The molecule has 11 heteroatoms. The van der Waals surface area contributed by atoms with Crippen LogP contribution in [0.2, 0.25) is 5.02 Å². The van der Waals surface area contributed by atoms with E-state index in [4.69, 9.17) is 16.3 Å². The number of aromatic nitrogens is 3. The summed E-state index contributed by atoms with van der Waals surface area (Å²) >= 11 is 5.97. The average Bonchev–Trinajstić information content (AvgIpc) is 3.01. The van der Waals surface area contributed by atoms with Crippen LogP contribution in [0.5, 0.6) is 5.75 Å². The van der Waals surface area contributed by atoms with Crippen molar-refractivity contribution in [1.82, 2.24) is 20.7 Å². The van der Waals surface area contributed by atoms with Crippen LogP contribution < -0.4 is 10.1 Å². The molecule has 0 aliphatic carbocycles. The number of halogens is 4. The van der Waals surface area contributed by atoms with E-state index in [2.05, 4.69) is 15.5 Å². The van der Waals surface area contributed by atoms with Gasteiger partial charge in [-0.05, 0) is 12.1 Å². The third-order valence-corrected chi connectivity index (χ3v) is 3.38. The van der Waals surface area contributed by atoms with E-state index < -0.39 is 36.1 Å². The van der Waals surface area contributed by atoms with E-state index in [1.54, 1.807) is 17.3 Å². The number of hydrogen-bond donors (Lipinski definition) is 3. The number of hydrogen-bond acceptors (Lipinski definition) is 5. The molecule has 0 bridgehead atoms. The fourth-order valence-electron chi connectivity index (χ4n) is 1.98. The van der Waals surface area contributed by atoms with E-state index in [0.29, 0.717) is 0 Å². The number of alkyl halides is 3. The zero-order valence-electron chi connectivity index (χ0n) is 12.2. The van der Waals surface area contributed by atoms with Crippen LogP contribution in [-0.4, -0.2) is 40.1 Å². The second kappa shape index (κ2) is 7.05. The minimum Gasteiger partial charge on any atom is -0.496 e. The molecule has 130 valence electrons. The van der Waals surface area contributed by atoms with Gasteiger partial charge in [-0.1, -0.05) is 17.7 Å². The van der Waals surface area contributed by atoms with Crippen molar-refractivity contribution in [2.45, 2.75) is 12.3 Å². The predicted molar refractivity (Wildman–Crippen MR) is 76.7 cm³/mol. The monoisotopic (exact) mass is 364 g/mol. The highest BCUT2D eigenvalue weighted by atomic mass is 35.5. The summed E-state index contributed by atoms with van der Waals surface area (Å²) in [5.41, 5.74) is -2.15. The van der Waals surface area contributed by atoms with Crippen LogP contribution in [0.3, 0.4) is 0 Å². The highest BCUT2D eigenvalue weighted by molar-refractivity contribution is 6.31. The molecule has 1 atom stereocenters. The number of H-pyrrole nitrogens is 1. The Morgan fingerprint density at radius 2 is 2.17 bits per heavy atom. The first-order valence-corrected chi connectivity index (χ1v) is 6.90. The molecular formula is C13H12ClF3N4O3.